The Labute approximate surface area is 142 Å². The second kappa shape index (κ2) is 8.48. The van der Waals surface area contributed by atoms with Crippen LogP contribution in [0.4, 0.5) is 0 Å². The van der Waals surface area contributed by atoms with Crippen LogP contribution in [0.3, 0.4) is 0 Å². The van der Waals surface area contributed by atoms with Gasteiger partial charge >= 0.3 is 5.97 Å². The number of hydrogen-bond donors (Lipinski definition) is 1. The Hall–Kier alpha value is -1.36. The highest BCUT2D eigenvalue weighted by atomic mass is 32.1. The molecule has 128 valence electrons. The van der Waals surface area contributed by atoms with Crippen LogP contribution in [0.5, 0.6) is 0 Å². The molecule has 1 aromatic rings. The topological polar surface area (TPSA) is 55.4 Å². The zero-order chi connectivity index (χ0) is 16.8. The van der Waals surface area contributed by atoms with Gasteiger partial charge in [-0.2, -0.15) is 0 Å². The number of fused-ring (bicyclic) bond motifs is 1. The van der Waals surface area contributed by atoms with E-state index in [4.69, 9.17) is 4.74 Å². The van der Waals surface area contributed by atoms with E-state index in [-0.39, 0.29) is 24.5 Å². The molecule has 0 saturated carbocycles. The molecule has 0 aliphatic heterocycles. The fourth-order valence-corrected chi connectivity index (χ4v) is 3.96. The average Bonchev–Trinajstić information content (AvgIpc) is 2.94. The predicted octanol–water partition coefficient (Wildman–Crippen LogP) is 3.72. The maximum absolute atomic E-state index is 12.2. The molecule has 0 aromatic carbocycles. The van der Waals surface area contributed by atoms with Crippen LogP contribution in [0.1, 0.15) is 67.3 Å². The zero-order valence-corrected chi connectivity index (χ0v) is 15.1. The van der Waals surface area contributed by atoms with E-state index in [0.717, 1.165) is 37.7 Å². The summed E-state index contributed by atoms with van der Waals surface area (Å²) in [7, 11) is 0. The lowest BCUT2D eigenvalue weighted by molar-refractivity contribution is -0.124. The van der Waals surface area contributed by atoms with Crippen LogP contribution < -0.4 is 5.32 Å². The van der Waals surface area contributed by atoms with Gasteiger partial charge in [0.15, 0.2) is 6.61 Å². The third kappa shape index (κ3) is 5.34. The van der Waals surface area contributed by atoms with Crippen molar-refractivity contribution in [2.24, 2.45) is 5.92 Å². The van der Waals surface area contributed by atoms with Crippen molar-refractivity contribution in [2.75, 3.05) is 6.61 Å². The minimum atomic E-state index is -0.366. The number of rotatable bonds is 7. The average molecular weight is 337 g/mol. The number of amides is 1. The summed E-state index contributed by atoms with van der Waals surface area (Å²) in [5.74, 6) is 0.0324. The number of thiophene rings is 1. The van der Waals surface area contributed by atoms with E-state index in [0.29, 0.717) is 11.5 Å². The largest absolute Gasteiger partial charge is 0.452 e. The fourth-order valence-electron chi connectivity index (χ4n) is 2.85. The first-order valence-corrected chi connectivity index (χ1v) is 9.41. The second-order valence-corrected chi connectivity index (χ2v) is 7.74. The minimum Gasteiger partial charge on any atom is -0.452 e. The molecule has 4 nitrogen and oxygen atoms in total. The van der Waals surface area contributed by atoms with Gasteiger partial charge in [0.05, 0.1) is 5.56 Å². The Balaban J connectivity index is 1.78. The van der Waals surface area contributed by atoms with Gasteiger partial charge in [0.1, 0.15) is 0 Å². The minimum absolute atomic E-state index is 0.109. The molecule has 1 aliphatic carbocycles. The van der Waals surface area contributed by atoms with E-state index in [1.807, 2.05) is 12.3 Å². The summed E-state index contributed by atoms with van der Waals surface area (Å²) in [6.45, 7) is 6.11. The molecule has 0 unspecified atom stereocenters. The van der Waals surface area contributed by atoms with E-state index in [9.17, 15) is 9.59 Å². The normalized spacial score (nSPS) is 15.1. The van der Waals surface area contributed by atoms with Crippen molar-refractivity contribution >= 4 is 23.2 Å². The van der Waals surface area contributed by atoms with Crippen LogP contribution in [0.2, 0.25) is 0 Å². The summed E-state index contributed by atoms with van der Waals surface area (Å²) in [4.78, 5) is 25.4. The van der Waals surface area contributed by atoms with E-state index < -0.39 is 0 Å². The predicted molar refractivity (Wildman–Crippen MR) is 92.9 cm³/mol. The number of carbonyl (C=O) groups excluding carboxylic acids is 2. The lowest BCUT2D eigenvalue weighted by Crippen LogP contribution is -2.36. The van der Waals surface area contributed by atoms with E-state index in [1.54, 1.807) is 11.3 Å². The van der Waals surface area contributed by atoms with Crippen molar-refractivity contribution in [1.82, 2.24) is 5.32 Å². The summed E-state index contributed by atoms with van der Waals surface area (Å²) >= 11 is 1.63. The molecule has 1 aromatic heterocycles. The van der Waals surface area contributed by atoms with Gasteiger partial charge in [-0.1, -0.05) is 13.8 Å². The molecule has 0 bridgehead atoms. The molecular formula is C18H27NO3S. The molecule has 1 heterocycles. The molecule has 0 radical (unpaired) electrons. The summed E-state index contributed by atoms with van der Waals surface area (Å²) in [6, 6.07) is 0.109. The Kier molecular flexibility index (Phi) is 6.63. The molecular weight excluding hydrogens is 310 g/mol. The molecule has 0 fully saturated rings. The van der Waals surface area contributed by atoms with E-state index in [2.05, 4.69) is 19.2 Å². The maximum Gasteiger partial charge on any atom is 0.339 e. The summed E-state index contributed by atoms with van der Waals surface area (Å²) in [6.07, 6.45) is 6.33. The van der Waals surface area contributed by atoms with Gasteiger partial charge in [-0.15, -0.1) is 11.3 Å². The number of carbonyl (C=O) groups is 2. The van der Waals surface area contributed by atoms with Gasteiger partial charge in [-0.25, -0.2) is 4.79 Å². The Morgan fingerprint density at radius 2 is 1.96 bits per heavy atom. The summed E-state index contributed by atoms with van der Waals surface area (Å²) in [5, 5.41) is 4.76. The van der Waals surface area contributed by atoms with Crippen molar-refractivity contribution in [3.05, 3.63) is 21.4 Å². The summed E-state index contributed by atoms with van der Waals surface area (Å²) in [5.41, 5.74) is 1.79. The Bertz CT molecular complexity index is 550. The Morgan fingerprint density at radius 3 is 2.70 bits per heavy atom. The van der Waals surface area contributed by atoms with Gasteiger partial charge in [0, 0.05) is 16.3 Å². The second-order valence-electron chi connectivity index (χ2n) is 6.77. The van der Waals surface area contributed by atoms with Gasteiger partial charge in [0.2, 0.25) is 0 Å². The van der Waals surface area contributed by atoms with E-state index >= 15 is 0 Å². The molecule has 2 rings (SSSR count). The highest BCUT2D eigenvalue weighted by molar-refractivity contribution is 7.10. The third-order valence-electron chi connectivity index (χ3n) is 4.20. The first-order valence-electron chi connectivity index (χ1n) is 8.53. The van der Waals surface area contributed by atoms with Crippen LogP contribution >= 0.6 is 11.3 Å². The highest BCUT2D eigenvalue weighted by Crippen LogP contribution is 2.30. The maximum atomic E-state index is 12.2. The third-order valence-corrected chi connectivity index (χ3v) is 5.29. The van der Waals surface area contributed by atoms with Crippen LogP contribution in [-0.2, 0) is 22.4 Å². The van der Waals surface area contributed by atoms with Crippen molar-refractivity contribution in [2.45, 2.75) is 65.3 Å². The first kappa shape index (κ1) is 18.0. The molecule has 1 atom stereocenters. The smallest absolute Gasteiger partial charge is 0.339 e. The molecule has 1 N–H and O–H groups in total. The molecule has 5 heteroatoms. The standard InChI is InChI=1S/C18H27NO3S/c1-12(2)8-9-13(3)19-17(20)10-22-18(21)15-11-23-16-7-5-4-6-14(15)16/h11-13H,4-10H2,1-3H3,(H,19,20)/t13-/m1/s1. The number of aryl methyl sites for hydroxylation is 1. The van der Waals surface area contributed by atoms with Crippen molar-refractivity contribution in [3.63, 3.8) is 0 Å². The number of esters is 1. The quantitative estimate of drug-likeness (QED) is 0.771. The van der Waals surface area contributed by atoms with Gasteiger partial charge in [-0.05, 0) is 56.9 Å². The number of nitrogens with one attached hydrogen (secondary N) is 1. The van der Waals surface area contributed by atoms with Gasteiger partial charge in [-0.3, -0.25) is 4.79 Å². The SMILES string of the molecule is CC(C)CC[C@@H](C)NC(=O)COC(=O)c1csc2c1CCCC2. The molecule has 0 spiro atoms. The van der Waals surface area contributed by atoms with Crippen LogP contribution in [0.25, 0.3) is 0 Å². The fraction of sp³-hybridized carbons (Fsp3) is 0.667. The molecule has 1 amide bonds. The van der Waals surface area contributed by atoms with Crippen LogP contribution in [-0.4, -0.2) is 24.5 Å². The summed E-state index contributed by atoms with van der Waals surface area (Å²) < 4.78 is 5.20. The van der Waals surface area contributed by atoms with Gasteiger partial charge < -0.3 is 10.1 Å². The van der Waals surface area contributed by atoms with Crippen molar-refractivity contribution in [3.8, 4) is 0 Å². The van der Waals surface area contributed by atoms with E-state index in [1.165, 1.54) is 11.3 Å². The number of ether oxygens (including phenoxy) is 1. The first-order chi connectivity index (χ1) is 11.0. The van der Waals surface area contributed by atoms with Crippen molar-refractivity contribution < 1.29 is 14.3 Å². The molecule has 23 heavy (non-hydrogen) atoms. The lowest BCUT2D eigenvalue weighted by atomic mass is 9.96. The monoisotopic (exact) mass is 337 g/mol. The number of hydrogen-bond acceptors (Lipinski definition) is 4. The Morgan fingerprint density at radius 1 is 1.22 bits per heavy atom. The lowest BCUT2D eigenvalue weighted by Gasteiger charge is -2.15. The van der Waals surface area contributed by atoms with Crippen molar-refractivity contribution in [1.29, 1.82) is 0 Å². The van der Waals surface area contributed by atoms with Crippen LogP contribution in [0.15, 0.2) is 5.38 Å². The van der Waals surface area contributed by atoms with Crippen LogP contribution in [0, 0.1) is 5.92 Å². The molecule has 0 saturated heterocycles. The molecule has 1 aliphatic rings. The highest BCUT2D eigenvalue weighted by Gasteiger charge is 2.21. The van der Waals surface area contributed by atoms with Gasteiger partial charge in [0.25, 0.3) is 5.91 Å². The zero-order valence-electron chi connectivity index (χ0n) is 14.3.